The second-order valence-electron chi connectivity index (χ2n) is 6.60. The molecular formula is C18H21ClN2O4S. The van der Waals surface area contributed by atoms with E-state index < -0.39 is 12.0 Å². The van der Waals surface area contributed by atoms with Crippen LogP contribution < -0.4 is 5.32 Å². The number of rotatable bonds is 6. The third-order valence-corrected chi connectivity index (χ3v) is 6.47. The number of carbonyl (C=O) groups is 3. The molecular weight excluding hydrogens is 376 g/mol. The minimum atomic E-state index is -0.595. The number of hydrogen-bond acceptors (Lipinski definition) is 5. The molecule has 1 N–H and O–H groups in total. The van der Waals surface area contributed by atoms with Crippen LogP contribution >= 0.6 is 23.4 Å². The molecule has 1 aromatic carbocycles. The Labute approximate surface area is 161 Å². The zero-order chi connectivity index (χ0) is 18.7. The van der Waals surface area contributed by atoms with Crippen molar-refractivity contribution in [2.24, 2.45) is 0 Å². The highest BCUT2D eigenvalue weighted by Gasteiger charge is 2.53. The van der Waals surface area contributed by atoms with Gasteiger partial charge in [-0.1, -0.05) is 23.7 Å². The van der Waals surface area contributed by atoms with E-state index in [9.17, 15) is 14.4 Å². The number of esters is 1. The fraction of sp³-hybridized carbons (Fsp3) is 0.500. The van der Waals surface area contributed by atoms with Crippen LogP contribution in [0.4, 0.5) is 0 Å². The molecule has 0 spiro atoms. The van der Waals surface area contributed by atoms with Gasteiger partial charge in [0.05, 0.1) is 4.87 Å². The van der Waals surface area contributed by atoms with Crippen LogP contribution in [0, 0.1) is 0 Å². The van der Waals surface area contributed by atoms with E-state index in [1.54, 1.807) is 28.8 Å². The molecule has 3 rings (SSSR count). The molecule has 0 unspecified atom stereocenters. The fourth-order valence-corrected chi connectivity index (χ4v) is 4.82. The first-order valence-electron chi connectivity index (χ1n) is 8.53. The third-order valence-electron chi connectivity index (χ3n) is 4.71. The van der Waals surface area contributed by atoms with Crippen LogP contribution in [0.3, 0.4) is 0 Å². The minimum Gasteiger partial charge on any atom is -0.454 e. The number of hydrogen-bond donors (Lipinski definition) is 1. The van der Waals surface area contributed by atoms with Gasteiger partial charge in [0.2, 0.25) is 5.91 Å². The first-order valence-corrected chi connectivity index (χ1v) is 9.89. The summed E-state index contributed by atoms with van der Waals surface area (Å²) in [5.74, 6) is -0.371. The lowest BCUT2D eigenvalue weighted by atomic mass is 10.1. The maximum atomic E-state index is 12.3. The highest BCUT2D eigenvalue weighted by Crippen LogP contribution is 2.47. The molecule has 2 heterocycles. The number of nitrogens with zero attached hydrogens (tertiary/aromatic N) is 1. The Balaban J connectivity index is 1.41. The molecule has 2 atom stereocenters. The van der Waals surface area contributed by atoms with E-state index in [2.05, 4.69) is 5.32 Å². The molecule has 0 aromatic heterocycles. The predicted octanol–water partition coefficient (Wildman–Crippen LogP) is 2.00. The zero-order valence-corrected chi connectivity index (χ0v) is 16.1. The summed E-state index contributed by atoms with van der Waals surface area (Å²) in [7, 11) is 0. The van der Waals surface area contributed by atoms with E-state index >= 15 is 0 Å². The second kappa shape index (κ2) is 7.88. The number of thioether (sulfide) groups is 1. The SMILES string of the molecule is C[C@]12CCC(=O)N1[C@@H](C(=O)OCC(=O)NCCc1ccc(Cl)cc1)CS2. The molecule has 8 heteroatoms. The Bertz CT molecular complexity index is 712. The molecule has 1 aromatic rings. The van der Waals surface area contributed by atoms with Gasteiger partial charge in [0, 0.05) is 23.7 Å². The topological polar surface area (TPSA) is 75.7 Å². The van der Waals surface area contributed by atoms with Gasteiger partial charge < -0.3 is 15.0 Å². The Hall–Kier alpha value is -1.73. The summed E-state index contributed by atoms with van der Waals surface area (Å²) in [5.41, 5.74) is 1.06. The first kappa shape index (κ1) is 19.0. The molecule has 2 fully saturated rings. The van der Waals surface area contributed by atoms with Gasteiger partial charge in [-0.3, -0.25) is 9.59 Å². The number of carbonyl (C=O) groups excluding carboxylic acids is 3. The molecule has 2 amide bonds. The summed E-state index contributed by atoms with van der Waals surface area (Å²) in [5, 5.41) is 3.39. The minimum absolute atomic E-state index is 0.0214. The van der Waals surface area contributed by atoms with Crippen molar-refractivity contribution in [2.75, 3.05) is 18.9 Å². The second-order valence-corrected chi connectivity index (χ2v) is 8.54. The third kappa shape index (κ3) is 4.15. The van der Waals surface area contributed by atoms with Crippen molar-refractivity contribution < 1.29 is 19.1 Å². The van der Waals surface area contributed by atoms with Gasteiger partial charge in [0.1, 0.15) is 6.04 Å². The molecule has 2 aliphatic heterocycles. The lowest BCUT2D eigenvalue weighted by Crippen LogP contribution is -2.47. The highest BCUT2D eigenvalue weighted by atomic mass is 35.5. The van der Waals surface area contributed by atoms with E-state index in [-0.39, 0.29) is 23.3 Å². The number of benzene rings is 1. The lowest BCUT2D eigenvalue weighted by molar-refractivity contribution is -0.156. The van der Waals surface area contributed by atoms with Crippen molar-refractivity contribution in [3.05, 3.63) is 34.9 Å². The van der Waals surface area contributed by atoms with Crippen molar-refractivity contribution in [1.82, 2.24) is 10.2 Å². The quantitative estimate of drug-likeness (QED) is 0.744. The molecule has 0 saturated carbocycles. The Morgan fingerprint density at radius 1 is 1.38 bits per heavy atom. The Kier molecular flexibility index (Phi) is 5.77. The molecule has 0 radical (unpaired) electrons. The van der Waals surface area contributed by atoms with E-state index in [1.165, 1.54) is 0 Å². The van der Waals surface area contributed by atoms with Crippen LogP contribution in [-0.4, -0.2) is 52.5 Å². The van der Waals surface area contributed by atoms with Crippen molar-refractivity contribution >= 4 is 41.1 Å². The van der Waals surface area contributed by atoms with Gasteiger partial charge in [0.25, 0.3) is 5.91 Å². The molecule has 2 saturated heterocycles. The summed E-state index contributed by atoms with van der Waals surface area (Å²) < 4.78 is 5.13. The van der Waals surface area contributed by atoms with Crippen molar-refractivity contribution in [1.29, 1.82) is 0 Å². The first-order chi connectivity index (χ1) is 12.4. The fourth-order valence-electron chi connectivity index (χ4n) is 3.28. The molecule has 6 nitrogen and oxygen atoms in total. The summed E-state index contributed by atoms with van der Waals surface area (Å²) in [4.78, 5) is 37.5. The standard InChI is InChI=1S/C18H21ClN2O4S/c1-18-8-6-16(23)21(18)14(11-26-18)17(24)25-10-15(22)20-9-7-12-2-4-13(19)5-3-12/h2-5,14H,6-11H2,1H3,(H,20,22)/t14-,18+/m1/s1. The van der Waals surface area contributed by atoms with E-state index in [1.807, 2.05) is 19.1 Å². The average molecular weight is 397 g/mol. The molecule has 0 bridgehead atoms. The summed E-state index contributed by atoms with van der Waals surface area (Å²) in [6.45, 7) is 2.08. The van der Waals surface area contributed by atoms with E-state index in [4.69, 9.17) is 16.3 Å². The summed E-state index contributed by atoms with van der Waals surface area (Å²) in [6, 6.07) is 6.80. The normalized spacial score (nSPS) is 24.5. The lowest BCUT2D eigenvalue weighted by Gasteiger charge is -2.29. The molecule has 140 valence electrons. The summed E-state index contributed by atoms with van der Waals surface area (Å²) >= 11 is 7.42. The molecule has 26 heavy (non-hydrogen) atoms. The van der Waals surface area contributed by atoms with Crippen molar-refractivity contribution in [2.45, 2.75) is 37.1 Å². The number of amides is 2. The van der Waals surface area contributed by atoms with Gasteiger partial charge in [-0.05, 0) is 37.5 Å². The summed E-state index contributed by atoms with van der Waals surface area (Å²) in [6.07, 6.45) is 1.86. The zero-order valence-electron chi connectivity index (χ0n) is 14.5. The van der Waals surface area contributed by atoms with Gasteiger partial charge in [-0.2, -0.15) is 0 Å². The van der Waals surface area contributed by atoms with E-state index in [0.717, 1.165) is 12.0 Å². The van der Waals surface area contributed by atoms with Crippen molar-refractivity contribution in [3.8, 4) is 0 Å². The Morgan fingerprint density at radius 3 is 2.85 bits per heavy atom. The van der Waals surface area contributed by atoms with Crippen LogP contribution in [0.1, 0.15) is 25.3 Å². The van der Waals surface area contributed by atoms with Gasteiger partial charge in [0.15, 0.2) is 6.61 Å². The smallest absolute Gasteiger partial charge is 0.330 e. The van der Waals surface area contributed by atoms with Crippen LogP contribution in [0.15, 0.2) is 24.3 Å². The van der Waals surface area contributed by atoms with Crippen LogP contribution in [0.5, 0.6) is 0 Å². The maximum Gasteiger partial charge on any atom is 0.330 e. The predicted molar refractivity (Wildman–Crippen MR) is 99.9 cm³/mol. The average Bonchev–Trinajstić information content (AvgIpc) is 3.11. The van der Waals surface area contributed by atoms with Crippen LogP contribution in [-0.2, 0) is 25.5 Å². The Morgan fingerprint density at radius 2 is 2.12 bits per heavy atom. The molecule has 2 aliphatic rings. The number of halogens is 1. The highest BCUT2D eigenvalue weighted by molar-refractivity contribution is 8.01. The maximum absolute atomic E-state index is 12.3. The number of ether oxygens (including phenoxy) is 1. The van der Waals surface area contributed by atoms with Crippen LogP contribution in [0.2, 0.25) is 5.02 Å². The van der Waals surface area contributed by atoms with Crippen LogP contribution in [0.25, 0.3) is 0 Å². The monoisotopic (exact) mass is 396 g/mol. The van der Waals surface area contributed by atoms with Gasteiger partial charge in [-0.15, -0.1) is 11.8 Å². The van der Waals surface area contributed by atoms with Crippen molar-refractivity contribution in [3.63, 3.8) is 0 Å². The van der Waals surface area contributed by atoms with E-state index in [0.29, 0.717) is 30.2 Å². The largest absolute Gasteiger partial charge is 0.454 e. The number of nitrogens with one attached hydrogen (secondary N) is 1. The van der Waals surface area contributed by atoms with Gasteiger partial charge >= 0.3 is 5.97 Å². The van der Waals surface area contributed by atoms with Gasteiger partial charge in [-0.25, -0.2) is 4.79 Å². The molecule has 0 aliphatic carbocycles. The number of fused-ring (bicyclic) bond motifs is 1.